The van der Waals surface area contributed by atoms with E-state index in [1.807, 2.05) is 44.2 Å². The zero-order valence-electron chi connectivity index (χ0n) is 9.27. The lowest BCUT2D eigenvalue weighted by Gasteiger charge is -2.19. The highest BCUT2D eigenvalue weighted by Crippen LogP contribution is 2.05. The maximum absolute atomic E-state index is 11.5. The summed E-state index contributed by atoms with van der Waals surface area (Å²) < 4.78 is 4.95. The third-order valence-electron chi connectivity index (χ3n) is 2.12. The molecule has 0 aliphatic carbocycles. The van der Waals surface area contributed by atoms with Crippen molar-refractivity contribution < 1.29 is 9.53 Å². The zero-order valence-corrected chi connectivity index (χ0v) is 9.27. The van der Waals surface area contributed by atoms with Gasteiger partial charge < -0.3 is 9.64 Å². The quantitative estimate of drug-likeness (QED) is 0.759. The number of carbonyl (C=O) groups is 1. The Labute approximate surface area is 90.7 Å². The SMILES string of the molecule is CCOC(=O)N(CC)Cc1ccccc1. The number of ether oxygens (including phenoxy) is 1. The number of nitrogens with zero attached hydrogens (tertiary/aromatic N) is 1. The molecular formula is C12H17NO2. The van der Waals surface area contributed by atoms with Crippen molar-refractivity contribution in [2.24, 2.45) is 0 Å². The van der Waals surface area contributed by atoms with Crippen LogP contribution in [0.5, 0.6) is 0 Å². The Balaban J connectivity index is 2.58. The highest BCUT2D eigenvalue weighted by Gasteiger charge is 2.11. The van der Waals surface area contributed by atoms with E-state index in [9.17, 15) is 4.79 Å². The first-order valence-electron chi connectivity index (χ1n) is 5.23. The molecule has 1 rings (SSSR count). The van der Waals surface area contributed by atoms with E-state index >= 15 is 0 Å². The van der Waals surface area contributed by atoms with Crippen LogP contribution in [0.3, 0.4) is 0 Å². The topological polar surface area (TPSA) is 29.5 Å². The molecule has 82 valence electrons. The van der Waals surface area contributed by atoms with E-state index < -0.39 is 0 Å². The molecule has 0 unspecified atom stereocenters. The summed E-state index contributed by atoms with van der Waals surface area (Å²) in [6.45, 7) is 5.45. The molecular weight excluding hydrogens is 190 g/mol. The van der Waals surface area contributed by atoms with Gasteiger partial charge in [0.05, 0.1) is 6.61 Å². The lowest BCUT2D eigenvalue weighted by Crippen LogP contribution is -2.30. The molecule has 1 aromatic rings. The van der Waals surface area contributed by atoms with Crippen LogP contribution in [0.15, 0.2) is 30.3 Å². The van der Waals surface area contributed by atoms with Gasteiger partial charge >= 0.3 is 6.09 Å². The van der Waals surface area contributed by atoms with Gasteiger partial charge in [-0.2, -0.15) is 0 Å². The van der Waals surface area contributed by atoms with Crippen LogP contribution in [-0.4, -0.2) is 24.1 Å². The van der Waals surface area contributed by atoms with Crippen molar-refractivity contribution in [2.45, 2.75) is 20.4 Å². The molecule has 0 atom stereocenters. The maximum Gasteiger partial charge on any atom is 0.410 e. The highest BCUT2D eigenvalue weighted by molar-refractivity contribution is 5.67. The van der Waals surface area contributed by atoms with Crippen LogP contribution in [0, 0.1) is 0 Å². The van der Waals surface area contributed by atoms with Gasteiger partial charge in [0.1, 0.15) is 0 Å². The minimum atomic E-state index is -0.246. The fourth-order valence-electron chi connectivity index (χ4n) is 1.32. The maximum atomic E-state index is 11.5. The van der Waals surface area contributed by atoms with E-state index in [4.69, 9.17) is 4.74 Å². The van der Waals surface area contributed by atoms with Crippen LogP contribution < -0.4 is 0 Å². The highest BCUT2D eigenvalue weighted by atomic mass is 16.6. The van der Waals surface area contributed by atoms with Crippen molar-refractivity contribution in [2.75, 3.05) is 13.2 Å². The second kappa shape index (κ2) is 6.06. The molecule has 3 nitrogen and oxygen atoms in total. The van der Waals surface area contributed by atoms with Crippen molar-refractivity contribution in [3.63, 3.8) is 0 Å². The average Bonchev–Trinajstić information content (AvgIpc) is 2.27. The Hall–Kier alpha value is -1.51. The van der Waals surface area contributed by atoms with E-state index in [-0.39, 0.29) is 6.09 Å². The number of carbonyl (C=O) groups excluding carboxylic acids is 1. The molecule has 0 saturated carbocycles. The van der Waals surface area contributed by atoms with Gasteiger partial charge in [0.25, 0.3) is 0 Å². The minimum absolute atomic E-state index is 0.246. The molecule has 0 heterocycles. The Bertz CT molecular complexity index is 298. The molecule has 0 saturated heterocycles. The van der Waals surface area contributed by atoms with Gasteiger partial charge in [0, 0.05) is 13.1 Å². The molecule has 0 aliphatic rings. The monoisotopic (exact) mass is 207 g/mol. The van der Waals surface area contributed by atoms with E-state index in [2.05, 4.69) is 0 Å². The van der Waals surface area contributed by atoms with Crippen LogP contribution >= 0.6 is 0 Å². The summed E-state index contributed by atoms with van der Waals surface area (Å²) in [5.74, 6) is 0. The van der Waals surface area contributed by atoms with Crippen molar-refractivity contribution in [1.82, 2.24) is 4.90 Å². The molecule has 0 aliphatic heterocycles. The first-order chi connectivity index (χ1) is 7.27. The number of hydrogen-bond acceptors (Lipinski definition) is 2. The summed E-state index contributed by atoms with van der Waals surface area (Å²) in [4.78, 5) is 13.2. The van der Waals surface area contributed by atoms with Gasteiger partial charge in [0.15, 0.2) is 0 Å². The molecule has 1 amide bonds. The molecule has 0 radical (unpaired) electrons. The fourth-order valence-corrected chi connectivity index (χ4v) is 1.32. The van der Waals surface area contributed by atoms with E-state index in [0.717, 1.165) is 5.56 Å². The Morgan fingerprint density at radius 2 is 1.93 bits per heavy atom. The normalized spacial score (nSPS) is 9.73. The van der Waals surface area contributed by atoms with Crippen molar-refractivity contribution in [1.29, 1.82) is 0 Å². The Morgan fingerprint density at radius 3 is 2.47 bits per heavy atom. The van der Waals surface area contributed by atoms with Crippen LogP contribution in [-0.2, 0) is 11.3 Å². The predicted molar refractivity (Wildman–Crippen MR) is 59.5 cm³/mol. The number of benzene rings is 1. The first-order valence-corrected chi connectivity index (χ1v) is 5.23. The lowest BCUT2D eigenvalue weighted by atomic mass is 10.2. The lowest BCUT2D eigenvalue weighted by molar-refractivity contribution is 0.107. The number of amides is 1. The summed E-state index contributed by atoms with van der Waals surface area (Å²) in [7, 11) is 0. The van der Waals surface area contributed by atoms with Gasteiger partial charge in [-0.15, -0.1) is 0 Å². The number of hydrogen-bond donors (Lipinski definition) is 0. The molecule has 0 aromatic heterocycles. The standard InChI is InChI=1S/C12H17NO2/c1-3-13(12(14)15-4-2)10-11-8-6-5-7-9-11/h5-9H,3-4,10H2,1-2H3. The van der Waals surface area contributed by atoms with Gasteiger partial charge in [-0.3, -0.25) is 0 Å². The molecule has 3 heteroatoms. The van der Waals surface area contributed by atoms with E-state index in [1.165, 1.54) is 0 Å². The van der Waals surface area contributed by atoms with Crippen LogP contribution in [0.4, 0.5) is 4.79 Å². The van der Waals surface area contributed by atoms with Crippen LogP contribution in [0.1, 0.15) is 19.4 Å². The van der Waals surface area contributed by atoms with Crippen molar-refractivity contribution >= 4 is 6.09 Å². The fraction of sp³-hybridized carbons (Fsp3) is 0.417. The largest absolute Gasteiger partial charge is 0.450 e. The summed E-state index contributed by atoms with van der Waals surface area (Å²) in [6.07, 6.45) is -0.246. The van der Waals surface area contributed by atoms with Crippen LogP contribution in [0.25, 0.3) is 0 Å². The second-order valence-corrected chi connectivity index (χ2v) is 3.20. The van der Waals surface area contributed by atoms with Gasteiger partial charge in [-0.25, -0.2) is 4.79 Å². The Kier molecular flexibility index (Phi) is 4.68. The molecule has 0 spiro atoms. The van der Waals surface area contributed by atoms with Crippen molar-refractivity contribution in [3.8, 4) is 0 Å². The first kappa shape index (κ1) is 11.6. The zero-order chi connectivity index (χ0) is 11.1. The van der Waals surface area contributed by atoms with Crippen molar-refractivity contribution in [3.05, 3.63) is 35.9 Å². The summed E-state index contributed by atoms with van der Waals surface area (Å²) in [5.41, 5.74) is 1.12. The molecule has 0 bridgehead atoms. The molecule has 0 N–H and O–H groups in total. The average molecular weight is 207 g/mol. The van der Waals surface area contributed by atoms with Crippen LogP contribution in [0.2, 0.25) is 0 Å². The van der Waals surface area contributed by atoms with Gasteiger partial charge in [-0.1, -0.05) is 30.3 Å². The van der Waals surface area contributed by atoms with Gasteiger partial charge in [-0.05, 0) is 19.4 Å². The second-order valence-electron chi connectivity index (χ2n) is 3.20. The Morgan fingerprint density at radius 1 is 1.27 bits per heavy atom. The van der Waals surface area contributed by atoms with E-state index in [0.29, 0.717) is 19.7 Å². The third kappa shape index (κ3) is 3.62. The smallest absolute Gasteiger partial charge is 0.410 e. The van der Waals surface area contributed by atoms with Gasteiger partial charge in [0.2, 0.25) is 0 Å². The number of rotatable bonds is 4. The molecule has 1 aromatic carbocycles. The summed E-state index contributed by atoms with van der Waals surface area (Å²) >= 11 is 0. The molecule has 15 heavy (non-hydrogen) atoms. The minimum Gasteiger partial charge on any atom is -0.450 e. The summed E-state index contributed by atoms with van der Waals surface area (Å²) in [6, 6.07) is 9.90. The van der Waals surface area contributed by atoms with E-state index in [1.54, 1.807) is 4.90 Å². The molecule has 0 fully saturated rings. The summed E-state index contributed by atoms with van der Waals surface area (Å²) in [5, 5.41) is 0. The predicted octanol–water partition coefficient (Wildman–Crippen LogP) is 2.67. The third-order valence-corrected chi connectivity index (χ3v) is 2.12.